The number of rotatable bonds is 0. The van der Waals surface area contributed by atoms with Gasteiger partial charge in [-0.2, -0.15) is 0 Å². The van der Waals surface area contributed by atoms with Gasteiger partial charge in [0.05, 0.1) is 15.7 Å². The van der Waals surface area contributed by atoms with Gasteiger partial charge in [-0.1, -0.05) is 23.2 Å². The van der Waals surface area contributed by atoms with Crippen molar-refractivity contribution in [2.75, 3.05) is 5.73 Å². The molecule has 1 aromatic heterocycles. The van der Waals surface area contributed by atoms with E-state index in [1.165, 1.54) is 0 Å². The second-order valence-corrected chi connectivity index (χ2v) is 4.03. The van der Waals surface area contributed by atoms with Crippen molar-refractivity contribution >= 4 is 39.9 Å². The fourth-order valence-electron chi connectivity index (χ4n) is 1.47. The minimum Gasteiger partial charge on any atom is -0.459 e. The van der Waals surface area contributed by atoms with Crippen LogP contribution in [0.2, 0.25) is 10.0 Å². The summed E-state index contributed by atoms with van der Waals surface area (Å²) in [7, 11) is 0. The largest absolute Gasteiger partial charge is 0.459 e. The molecule has 0 radical (unpaired) electrons. The molecule has 0 atom stereocenters. The maximum Gasteiger partial charge on any atom is 0.154 e. The van der Waals surface area contributed by atoms with Gasteiger partial charge in [0.2, 0.25) is 0 Å². The molecule has 74 valence electrons. The van der Waals surface area contributed by atoms with E-state index in [0.29, 0.717) is 21.3 Å². The first-order chi connectivity index (χ1) is 6.52. The smallest absolute Gasteiger partial charge is 0.154 e. The van der Waals surface area contributed by atoms with Crippen LogP contribution >= 0.6 is 23.2 Å². The zero-order valence-corrected chi connectivity index (χ0v) is 9.33. The fraction of sp³-hybridized carbons (Fsp3) is 0.200. The monoisotopic (exact) mass is 229 g/mol. The van der Waals surface area contributed by atoms with E-state index in [0.717, 1.165) is 16.7 Å². The minimum absolute atomic E-state index is 0.480. The number of nitrogen functional groups attached to an aromatic ring is 1. The van der Waals surface area contributed by atoms with Gasteiger partial charge >= 0.3 is 0 Å². The normalized spacial score (nSPS) is 11.1. The predicted octanol–water partition coefficient (Wildman–Crippen LogP) is 3.94. The third kappa shape index (κ3) is 1.18. The highest BCUT2D eigenvalue weighted by molar-refractivity contribution is 6.42. The highest BCUT2D eigenvalue weighted by Crippen LogP contribution is 2.39. The van der Waals surface area contributed by atoms with Gasteiger partial charge in [0, 0.05) is 5.39 Å². The molecule has 0 aliphatic carbocycles. The summed E-state index contributed by atoms with van der Waals surface area (Å²) in [6.45, 7) is 3.81. The zero-order chi connectivity index (χ0) is 10.5. The van der Waals surface area contributed by atoms with E-state index < -0.39 is 0 Å². The van der Waals surface area contributed by atoms with Gasteiger partial charge in [-0.3, -0.25) is 0 Å². The van der Waals surface area contributed by atoms with Crippen LogP contribution in [0.15, 0.2) is 10.5 Å². The summed E-state index contributed by atoms with van der Waals surface area (Å²) < 4.78 is 5.49. The highest BCUT2D eigenvalue weighted by atomic mass is 35.5. The second-order valence-electron chi connectivity index (χ2n) is 3.25. The van der Waals surface area contributed by atoms with E-state index in [-0.39, 0.29) is 0 Å². The number of fused-ring (bicyclic) bond motifs is 1. The van der Waals surface area contributed by atoms with Crippen LogP contribution in [0.5, 0.6) is 0 Å². The topological polar surface area (TPSA) is 39.2 Å². The molecule has 2 nitrogen and oxygen atoms in total. The van der Waals surface area contributed by atoms with Crippen molar-refractivity contribution in [2.24, 2.45) is 0 Å². The molecule has 1 heterocycles. The van der Waals surface area contributed by atoms with Crippen LogP contribution in [0, 0.1) is 13.8 Å². The molecule has 0 fully saturated rings. The fourth-order valence-corrected chi connectivity index (χ4v) is 2.00. The third-order valence-corrected chi connectivity index (χ3v) is 3.05. The Bertz CT molecular complexity index is 517. The predicted molar refractivity (Wildman–Crippen MR) is 60.1 cm³/mol. The molecule has 1 aromatic carbocycles. The number of benzene rings is 1. The van der Waals surface area contributed by atoms with Gasteiger partial charge in [0.15, 0.2) is 5.58 Å². The van der Waals surface area contributed by atoms with E-state index in [1.54, 1.807) is 6.07 Å². The Morgan fingerprint density at radius 2 is 1.93 bits per heavy atom. The summed E-state index contributed by atoms with van der Waals surface area (Å²) in [6, 6.07) is 1.61. The van der Waals surface area contributed by atoms with Crippen molar-refractivity contribution in [1.82, 2.24) is 0 Å². The molecule has 14 heavy (non-hydrogen) atoms. The molecule has 0 amide bonds. The molecule has 0 spiro atoms. The molecular formula is C10H9Cl2NO. The van der Waals surface area contributed by atoms with Crippen LogP contribution < -0.4 is 5.73 Å². The zero-order valence-electron chi connectivity index (χ0n) is 7.82. The van der Waals surface area contributed by atoms with Crippen LogP contribution in [0.25, 0.3) is 11.0 Å². The molecule has 2 N–H and O–H groups in total. The van der Waals surface area contributed by atoms with Crippen molar-refractivity contribution in [3.05, 3.63) is 27.4 Å². The molecule has 0 saturated heterocycles. The standard InChI is InChI=1S/C10H9Cl2NO/c1-4-5(2)14-10-6(11)3-7(13)9(12)8(4)10/h3H,13H2,1-2H3. The molecule has 0 aliphatic rings. The lowest BCUT2D eigenvalue weighted by Crippen LogP contribution is -1.87. The Morgan fingerprint density at radius 1 is 1.29 bits per heavy atom. The number of nitrogens with two attached hydrogens (primary N) is 1. The molecule has 2 rings (SSSR count). The van der Waals surface area contributed by atoms with Gasteiger partial charge in [0.25, 0.3) is 0 Å². The molecule has 2 aromatic rings. The maximum atomic E-state index is 6.07. The third-order valence-electron chi connectivity index (χ3n) is 2.36. The molecule has 4 heteroatoms. The summed E-state index contributed by atoms with van der Waals surface area (Å²) in [5.41, 5.74) is 7.78. The van der Waals surface area contributed by atoms with Crippen molar-refractivity contribution in [3.63, 3.8) is 0 Å². The summed E-state index contributed by atoms with van der Waals surface area (Å²) in [6.07, 6.45) is 0. The Hall–Kier alpha value is -0.860. The van der Waals surface area contributed by atoms with E-state index in [4.69, 9.17) is 33.4 Å². The Morgan fingerprint density at radius 3 is 2.57 bits per heavy atom. The summed E-state index contributed by atoms with van der Waals surface area (Å²) in [5, 5.41) is 1.83. The molecular weight excluding hydrogens is 221 g/mol. The van der Waals surface area contributed by atoms with Crippen LogP contribution in [0.1, 0.15) is 11.3 Å². The molecule has 0 saturated carbocycles. The Kier molecular flexibility index (Phi) is 2.13. The number of furan rings is 1. The Balaban J connectivity index is 3.03. The number of halogens is 2. The van der Waals surface area contributed by atoms with E-state index in [2.05, 4.69) is 0 Å². The maximum absolute atomic E-state index is 6.07. The van der Waals surface area contributed by atoms with Gasteiger partial charge in [-0.05, 0) is 25.5 Å². The number of anilines is 1. The second kappa shape index (κ2) is 3.07. The Labute approximate surface area is 91.6 Å². The first-order valence-corrected chi connectivity index (χ1v) is 4.91. The van der Waals surface area contributed by atoms with Crippen molar-refractivity contribution < 1.29 is 4.42 Å². The lowest BCUT2D eigenvalue weighted by Gasteiger charge is -2.01. The highest BCUT2D eigenvalue weighted by Gasteiger charge is 2.15. The first kappa shape index (κ1) is 9.69. The summed E-state index contributed by atoms with van der Waals surface area (Å²) in [4.78, 5) is 0. The summed E-state index contributed by atoms with van der Waals surface area (Å²) in [5.74, 6) is 0.814. The van der Waals surface area contributed by atoms with Crippen molar-refractivity contribution in [2.45, 2.75) is 13.8 Å². The number of aryl methyl sites for hydroxylation is 2. The number of hydrogen-bond acceptors (Lipinski definition) is 2. The minimum atomic E-state index is 0.480. The van der Waals surface area contributed by atoms with Crippen LogP contribution in [-0.2, 0) is 0 Å². The molecule has 0 aliphatic heterocycles. The van der Waals surface area contributed by atoms with Gasteiger partial charge in [0.1, 0.15) is 5.76 Å². The van der Waals surface area contributed by atoms with E-state index in [1.807, 2.05) is 13.8 Å². The van der Waals surface area contributed by atoms with Gasteiger partial charge in [-0.25, -0.2) is 0 Å². The van der Waals surface area contributed by atoms with Gasteiger partial charge < -0.3 is 10.2 Å². The first-order valence-electron chi connectivity index (χ1n) is 4.15. The average molecular weight is 230 g/mol. The molecule has 0 bridgehead atoms. The quantitative estimate of drug-likeness (QED) is 0.696. The molecule has 0 unspecified atom stereocenters. The van der Waals surface area contributed by atoms with Crippen molar-refractivity contribution in [1.29, 1.82) is 0 Å². The van der Waals surface area contributed by atoms with Crippen LogP contribution in [-0.4, -0.2) is 0 Å². The van der Waals surface area contributed by atoms with Crippen LogP contribution in [0.3, 0.4) is 0 Å². The van der Waals surface area contributed by atoms with Gasteiger partial charge in [-0.15, -0.1) is 0 Å². The lowest BCUT2D eigenvalue weighted by atomic mass is 10.1. The van der Waals surface area contributed by atoms with E-state index in [9.17, 15) is 0 Å². The SMILES string of the molecule is Cc1oc2c(Cl)cc(N)c(Cl)c2c1C. The lowest BCUT2D eigenvalue weighted by molar-refractivity contribution is 0.575. The number of hydrogen-bond donors (Lipinski definition) is 1. The average Bonchev–Trinajstić information content (AvgIpc) is 2.41. The van der Waals surface area contributed by atoms with Crippen LogP contribution in [0.4, 0.5) is 5.69 Å². The van der Waals surface area contributed by atoms with Crippen molar-refractivity contribution in [3.8, 4) is 0 Å². The van der Waals surface area contributed by atoms with E-state index >= 15 is 0 Å². The summed E-state index contributed by atoms with van der Waals surface area (Å²) >= 11 is 12.1.